The van der Waals surface area contributed by atoms with Crippen LogP contribution in [0.3, 0.4) is 0 Å². The summed E-state index contributed by atoms with van der Waals surface area (Å²) in [4.78, 5) is 1.05. The fourth-order valence-electron chi connectivity index (χ4n) is 1.63. The van der Waals surface area contributed by atoms with Crippen molar-refractivity contribution in [1.29, 1.82) is 0 Å². The fourth-order valence-corrected chi connectivity index (χ4v) is 4.03. The van der Waals surface area contributed by atoms with E-state index >= 15 is 0 Å². The Morgan fingerprint density at radius 3 is 2.47 bits per heavy atom. The highest BCUT2D eigenvalue weighted by molar-refractivity contribution is 9.11. The summed E-state index contributed by atoms with van der Waals surface area (Å²) < 4.78 is 1.97. The zero-order valence-corrected chi connectivity index (χ0v) is 13.8. The van der Waals surface area contributed by atoms with Crippen LogP contribution in [-0.4, -0.2) is 0 Å². The highest BCUT2D eigenvalue weighted by Crippen LogP contribution is 2.37. The largest absolute Gasteiger partial charge is 0.320 e. The molecular weight excluding hydrogens is 385 g/mol. The maximum atomic E-state index is 6.25. The lowest BCUT2D eigenvalue weighted by Crippen LogP contribution is -2.10. The van der Waals surface area contributed by atoms with Crippen LogP contribution in [0.2, 0.25) is 5.02 Å². The summed E-state index contributed by atoms with van der Waals surface area (Å²) in [6.07, 6.45) is 0. The Kier molecular flexibility index (Phi) is 4.31. The van der Waals surface area contributed by atoms with Crippen molar-refractivity contribution in [3.8, 4) is 0 Å². The van der Waals surface area contributed by atoms with Crippen molar-refractivity contribution in [3.05, 3.63) is 53.6 Å². The zero-order valence-electron chi connectivity index (χ0n) is 9.01. The van der Waals surface area contributed by atoms with Gasteiger partial charge in [-0.25, -0.2) is 0 Å². The molecule has 2 rings (SSSR count). The highest BCUT2D eigenvalue weighted by Gasteiger charge is 2.14. The molecule has 0 amide bonds. The van der Waals surface area contributed by atoms with Crippen LogP contribution >= 0.6 is 54.8 Å². The third-order valence-corrected chi connectivity index (χ3v) is 5.41. The Morgan fingerprint density at radius 1 is 1.24 bits per heavy atom. The molecule has 0 spiro atoms. The number of hydrogen-bond donors (Lipinski definition) is 1. The van der Waals surface area contributed by atoms with E-state index in [1.807, 2.05) is 12.1 Å². The van der Waals surface area contributed by atoms with Crippen LogP contribution in [0.5, 0.6) is 0 Å². The number of halogens is 3. The van der Waals surface area contributed by atoms with E-state index in [2.05, 4.69) is 50.9 Å². The van der Waals surface area contributed by atoms with Crippen molar-refractivity contribution in [2.45, 2.75) is 13.0 Å². The second-order valence-electron chi connectivity index (χ2n) is 3.81. The van der Waals surface area contributed by atoms with Crippen LogP contribution in [0.15, 0.2) is 32.5 Å². The number of rotatable bonds is 2. The molecule has 0 saturated carbocycles. The summed E-state index contributed by atoms with van der Waals surface area (Å²) in [5.41, 5.74) is 8.52. The average Bonchev–Trinajstić information content (AvgIpc) is 2.57. The Morgan fingerprint density at radius 2 is 1.94 bits per heavy atom. The minimum atomic E-state index is -0.139. The van der Waals surface area contributed by atoms with Gasteiger partial charge in [-0.3, -0.25) is 0 Å². The first-order valence-electron chi connectivity index (χ1n) is 4.95. The van der Waals surface area contributed by atoms with Crippen LogP contribution in [0.25, 0.3) is 0 Å². The number of aryl methyl sites for hydroxylation is 1. The van der Waals surface area contributed by atoms with Gasteiger partial charge in [-0.2, -0.15) is 0 Å². The van der Waals surface area contributed by atoms with Crippen molar-refractivity contribution >= 4 is 54.8 Å². The quantitative estimate of drug-likeness (QED) is 0.735. The van der Waals surface area contributed by atoms with Gasteiger partial charge in [0.1, 0.15) is 0 Å². The van der Waals surface area contributed by atoms with Gasteiger partial charge >= 0.3 is 0 Å². The summed E-state index contributed by atoms with van der Waals surface area (Å²) in [5, 5.41) is 0.715. The van der Waals surface area contributed by atoms with Gasteiger partial charge in [-0.15, -0.1) is 11.3 Å². The van der Waals surface area contributed by atoms with Crippen LogP contribution in [0.4, 0.5) is 0 Å². The first-order valence-corrected chi connectivity index (χ1v) is 7.73. The molecule has 0 aliphatic heterocycles. The van der Waals surface area contributed by atoms with E-state index in [0.29, 0.717) is 5.02 Å². The van der Waals surface area contributed by atoms with Crippen molar-refractivity contribution < 1.29 is 0 Å². The summed E-state index contributed by atoms with van der Waals surface area (Å²) >= 11 is 14.5. The van der Waals surface area contributed by atoms with Gasteiger partial charge in [0.2, 0.25) is 0 Å². The van der Waals surface area contributed by atoms with Crippen LogP contribution < -0.4 is 5.73 Å². The van der Waals surface area contributed by atoms with E-state index in [4.69, 9.17) is 17.3 Å². The molecule has 1 aromatic carbocycles. The maximum Gasteiger partial charge on any atom is 0.0888 e. The van der Waals surface area contributed by atoms with E-state index in [1.54, 1.807) is 11.3 Å². The smallest absolute Gasteiger partial charge is 0.0888 e. The molecule has 1 aromatic heterocycles. The standard InChI is InChI=1S/C12H10Br2ClNS/c1-6-2-7(4-8(13)3-6)11(16)10-5-9(15)12(14)17-10/h2-5,11H,16H2,1H3. The van der Waals surface area contributed by atoms with E-state index < -0.39 is 0 Å². The molecule has 17 heavy (non-hydrogen) atoms. The van der Waals surface area contributed by atoms with E-state index in [9.17, 15) is 0 Å². The molecule has 0 radical (unpaired) electrons. The molecule has 2 aromatic rings. The van der Waals surface area contributed by atoms with Crippen molar-refractivity contribution in [2.24, 2.45) is 5.73 Å². The molecule has 1 unspecified atom stereocenters. The van der Waals surface area contributed by atoms with Crippen LogP contribution in [0.1, 0.15) is 22.0 Å². The highest BCUT2D eigenvalue weighted by atomic mass is 79.9. The molecule has 1 nitrogen and oxygen atoms in total. The lowest BCUT2D eigenvalue weighted by Gasteiger charge is -2.11. The van der Waals surface area contributed by atoms with Gasteiger partial charge in [0.25, 0.3) is 0 Å². The second-order valence-corrected chi connectivity index (χ2v) is 7.53. The number of thiophene rings is 1. The Bertz CT molecular complexity index is 514. The van der Waals surface area contributed by atoms with Crippen LogP contribution in [0, 0.1) is 6.92 Å². The molecule has 0 bridgehead atoms. The fraction of sp³-hybridized carbons (Fsp3) is 0.167. The van der Waals surface area contributed by atoms with Gasteiger partial charge in [-0.1, -0.05) is 33.6 Å². The summed E-state index contributed by atoms with van der Waals surface area (Å²) in [5.74, 6) is 0. The van der Waals surface area contributed by atoms with Crippen molar-refractivity contribution in [3.63, 3.8) is 0 Å². The number of nitrogens with two attached hydrogens (primary N) is 1. The molecule has 0 saturated heterocycles. The molecular formula is C12H10Br2ClNS. The Balaban J connectivity index is 2.39. The zero-order chi connectivity index (χ0) is 12.6. The third kappa shape index (κ3) is 3.12. The van der Waals surface area contributed by atoms with Crippen molar-refractivity contribution in [2.75, 3.05) is 0 Å². The molecule has 1 heterocycles. The van der Waals surface area contributed by atoms with Gasteiger partial charge in [0.05, 0.1) is 14.9 Å². The first kappa shape index (κ1) is 13.6. The summed E-state index contributed by atoms with van der Waals surface area (Å²) in [7, 11) is 0. The minimum absolute atomic E-state index is 0.139. The molecule has 0 aliphatic rings. The van der Waals surface area contributed by atoms with E-state index in [0.717, 1.165) is 18.7 Å². The van der Waals surface area contributed by atoms with Gasteiger partial charge in [0, 0.05) is 9.35 Å². The molecule has 0 fully saturated rings. The molecule has 2 N–H and O–H groups in total. The molecule has 1 atom stereocenters. The second kappa shape index (κ2) is 5.41. The lowest BCUT2D eigenvalue weighted by molar-refractivity contribution is 0.890. The van der Waals surface area contributed by atoms with Crippen molar-refractivity contribution in [1.82, 2.24) is 0 Å². The normalized spacial score (nSPS) is 12.8. The summed E-state index contributed by atoms with van der Waals surface area (Å²) in [6.45, 7) is 2.05. The predicted octanol–water partition coefficient (Wildman–Crippen LogP) is 5.28. The topological polar surface area (TPSA) is 26.0 Å². The minimum Gasteiger partial charge on any atom is -0.320 e. The first-order chi connectivity index (χ1) is 7.97. The average molecular weight is 396 g/mol. The Hall–Kier alpha value is 0.130. The molecule has 0 aliphatic carbocycles. The van der Waals surface area contributed by atoms with E-state index in [-0.39, 0.29) is 6.04 Å². The SMILES string of the molecule is Cc1cc(Br)cc(C(N)c2cc(Cl)c(Br)s2)c1. The van der Waals surface area contributed by atoms with Gasteiger partial charge in [-0.05, 0) is 52.2 Å². The predicted molar refractivity (Wildman–Crippen MR) is 81.9 cm³/mol. The van der Waals surface area contributed by atoms with E-state index in [1.165, 1.54) is 5.56 Å². The molecule has 90 valence electrons. The number of benzene rings is 1. The third-order valence-electron chi connectivity index (χ3n) is 2.39. The lowest BCUT2D eigenvalue weighted by atomic mass is 10.0. The molecule has 5 heteroatoms. The summed E-state index contributed by atoms with van der Waals surface area (Å²) in [6, 6.07) is 7.97. The number of hydrogen-bond acceptors (Lipinski definition) is 2. The monoisotopic (exact) mass is 393 g/mol. The van der Waals surface area contributed by atoms with Gasteiger partial charge in [0.15, 0.2) is 0 Å². The Labute approximate surface area is 126 Å². The maximum absolute atomic E-state index is 6.25. The van der Waals surface area contributed by atoms with Gasteiger partial charge < -0.3 is 5.73 Å². The van der Waals surface area contributed by atoms with Crippen LogP contribution in [-0.2, 0) is 0 Å².